The van der Waals surface area contributed by atoms with Gasteiger partial charge in [-0.05, 0) is 24.3 Å². The minimum Gasteiger partial charge on any atom is -0.465 e. The van der Waals surface area contributed by atoms with Crippen LogP contribution in [0, 0.1) is 0 Å². The second kappa shape index (κ2) is 6.36. The van der Waals surface area contributed by atoms with Crippen LogP contribution in [0.25, 0.3) is 11.1 Å². The molecule has 0 spiro atoms. The largest absolute Gasteiger partial charge is 0.465 e. The van der Waals surface area contributed by atoms with Crippen molar-refractivity contribution in [3.05, 3.63) is 64.5 Å². The zero-order valence-corrected chi connectivity index (χ0v) is 13.5. The first-order chi connectivity index (χ1) is 11.1. The van der Waals surface area contributed by atoms with Crippen LogP contribution in [0.4, 0.5) is 0 Å². The molecule has 1 heterocycles. The Bertz CT molecular complexity index is 960. The van der Waals surface area contributed by atoms with E-state index in [9.17, 15) is 9.00 Å². The molecule has 0 bridgehead atoms. The van der Waals surface area contributed by atoms with Crippen molar-refractivity contribution in [2.24, 2.45) is 0 Å². The van der Waals surface area contributed by atoms with Gasteiger partial charge in [0.2, 0.25) is 5.89 Å². The molecule has 5 nitrogen and oxygen atoms in total. The monoisotopic (exact) mass is 347 g/mol. The van der Waals surface area contributed by atoms with Crippen LogP contribution in [0.3, 0.4) is 0 Å². The lowest BCUT2D eigenvalue weighted by molar-refractivity contribution is 0.0600. The molecule has 116 valence electrons. The average Bonchev–Trinajstić information content (AvgIpc) is 2.97. The Hall–Kier alpha value is -2.44. The van der Waals surface area contributed by atoms with Crippen molar-refractivity contribution in [1.29, 1.82) is 0 Å². The highest BCUT2D eigenvalue weighted by Gasteiger charge is 2.16. The summed E-state index contributed by atoms with van der Waals surface area (Å²) in [7, 11) is 1.30. The number of hydrogen-bond acceptors (Lipinski definition) is 5. The maximum Gasteiger partial charge on any atom is 0.337 e. The van der Waals surface area contributed by atoms with Gasteiger partial charge in [0.1, 0.15) is 21.6 Å². The molecule has 0 unspecified atom stereocenters. The molecule has 0 aliphatic heterocycles. The molecule has 3 rings (SSSR count). The Morgan fingerprint density at radius 2 is 2.00 bits per heavy atom. The predicted octanol–water partition coefficient (Wildman–Crippen LogP) is 3.05. The van der Waals surface area contributed by atoms with Crippen molar-refractivity contribution >= 4 is 44.8 Å². The number of rotatable bonds is 3. The lowest BCUT2D eigenvalue weighted by atomic mass is 10.1. The predicted molar refractivity (Wildman–Crippen MR) is 88.2 cm³/mol. The van der Waals surface area contributed by atoms with Gasteiger partial charge in [0.05, 0.1) is 12.7 Å². The van der Waals surface area contributed by atoms with E-state index < -0.39 is 5.97 Å². The van der Waals surface area contributed by atoms with Crippen LogP contribution >= 0.6 is 11.6 Å². The van der Waals surface area contributed by atoms with E-state index in [1.807, 2.05) is 0 Å². The van der Waals surface area contributed by atoms with E-state index in [4.69, 9.17) is 16.0 Å². The van der Waals surface area contributed by atoms with Gasteiger partial charge in [-0.1, -0.05) is 23.7 Å². The van der Waals surface area contributed by atoms with E-state index in [0.29, 0.717) is 27.2 Å². The first kappa shape index (κ1) is 15.5. The fraction of sp³-hybridized carbons (Fsp3) is 0.0625. The molecule has 0 radical (unpaired) electrons. The van der Waals surface area contributed by atoms with E-state index in [0.717, 1.165) is 0 Å². The normalized spacial score (nSPS) is 10.5. The Morgan fingerprint density at radius 3 is 2.74 bits per heavy atom. The fourth-order valence-corrected chi connectivity index (χ4v) is 2.65. The lowest BCUT2D eigenvalue weighted by Gasteiger charge is -2.02. The van der Waals surface area contributed by atoms with Crippen LogP contribution in [0.15, 0.2) is 46.9 Å². The van der Waals surface area contributed by atoms with Gasteiger partial charge >= 0.3 is 5.97 Å². The summed E-state index contributed by atoms with van der Waals surface area (Å²) in [6, 6.07) is 11.6. The molecule has 0 saturated carbocycles. The van der Waals surface area contributed by atoms with Gasteiger partial charge in [-0.15, -0.1) is 0 Å². The first-order valence-corrected chi connectivity index (χ1v) is 7.66. The molecule has 3 aromatic rings. The summed E-state index contributed by atoms with van der Waals surface area (Å²) in [5.74, 6) is -0.296. The van der Waals surface area contributed by atoms with Crippen molar-refractivity contribution in [1.82, 2.24) is 4.98 Å². The molecule has 0 aliphatic carbocycles. The zero-order chi connectivity index (χ0) is 16.4. The molecule has 23 heavy (non-hydrogen) atoms. The average molecular weight is 348 g/mol. The van der Waals surface area contributed by atoms with Gasteiger partial charge in [-0.25, -0.2) is 14.0 Å². The third kappa shape index (κ3) is 3.04. The number of esters is 1. The van der Waals surface area contributed by atoms with Gasteiger partial charge in [0.25, 0.3) is 0 Å². The number of ether oxygens (including phenoxy) is 1. The SMILES string of the molecule is COC(=O)c1cccc(C(=S=O)c2nc3ccc(Cl)cc3o2)c1. The number of carbonyl (C=O) groups excluding carboxylic acids is 1. The van der Waals surface area contributed by atoms with Crippen molar-refractivity contribution in [2.45, 2.75) is 0 Å². The topological polar surface area (TPSA) is 69.4 Å². The molecule has 0 N–H and O–H groups in total. The molecular weight excluding hydrogens is 338 g/mol. The van der Waals surface area contributed by atoms with E-state index in [-0.39, 0.29) is 22.0 Å². The minimum absolute atomic E-state index is 0.185. The minimum atomic E-state index is -0.480. The van der Waals surface area contributed by atoms with Crippen LogP contribution < -0.4 is 0 Å². The number of aromatic nitrogens is 1. The molecular formula is C16H10ClNO4S. The maximum absolute atomic E-state index is 11.6. The molecule has 0 amide bonds. The highest BCUT2D eigenvalue weighted by molar-refractivity contribution is 7.67. The molecule has 0 aliphatic rings. The van der Waals surface area contributed by atoms with Crippen LogP contribution in [0.2, 0.25) is 5.02 Å². The zero-order valence-electron chi connectivity index (χ0n) is 11.9. The van der Waals surface area contributed by atoms with Crippen LogP contribution in [0.1, 0.15) is 21.8 Å². The molecule has 2 aromatic carbocycles. The smallest absolute Gasteiger partial charge is 0.337 e. The Morgan fingerprint density at radius 1 is 1.22 bits per heavy atom. The fourth-order valence-electron chi connectivity index (χ4n) is 2.11. The number of methoxy groups -OCH3 is 1. The molecule has 0 atom stereocenters. The quantitative estimate of drug-likeness (QED) is 0.414. The highest BCUT2D eigenvalue weighted by atomic mass is 35.5. The van der Waals surface area contributed by atoms with Gasteiger partial charge in [-0.2, -0.15) is 0 Å². The number of carbonyl (C=O) groups is 1. The Kier molecular flexibility index (Phi) is 4.27. The molecule has 1 aromatic heterocycles. The second-order valence-electron chi connectivity index (χ2n) is 4.62. The second-order valence-corrected chi connectivity index (χ2v) is 5.63. The summed E-state index contributed by atoms with van der Waals surface area (Å²) in [5, 5.41) is 0.518. The van der Waals surface area contributed by atoms with Gasteiger partial charge in [-0.3, -0.25) is 0 Å². The number of nitrogens with zero attached hydrogens (tertiary/aromatic N) is 1. The highest BCUT2D eigenvalue weighted by Crippen LogP contribution is 2.22. The first-order valence-electron chi connectivity index (χ1n) is 6.54. The summed E-state index contributed by atoms with van der Waals surface area (Å²) in [6.07, 6.45) is 0. The molecule has 0 saturated heterocycles. The Balaban J connectivity index is 2.08. The molecule has 7 heteroatoms. The van der Waals surface area contributed by atoms with E-state index >= 15 is 0 Å². The number of fused-ring (bicyclic) bond motifs is 1. The van der Waals surface area contributed by atoms with Crippen LogP contribution in [0.5, 0.6) is 0 Å². The van der Waals surface area contributed by atoms with Crippen molar-refractivity contribution in [3.8, 4) is 0 Å². The number of hydrogen-bond donors (Lipinski definition) is 0. The summed E-state index contributed by atoms with van der Waals surface area (Å²) in [6.45, 7) is 0. The summed E-state index contributed by atoms with van der Waals surface area (Å²) >= 11 is 6.17. The van der Waals surface area contributed by atoms with E-state index in [2.05, 4.69) is 9.72 Å². The van der Waals surface area contributed by atoms with Crippen molar-refractivity contribution in [3.63, 3.8) is 0 Å². The molecule has 0 fully saturated rings. The number of halogens is 1. The van der Waals surface area contributed by atoms with Gasteiger partial charge in [0.15, 0.2) is 5.58 Å². The third-order valence-corrected chi connectivity index (χ3v) is 3.99. The van der Waals surface area contributed by atoms with Gasteiger partial charge in [0, 0.05) is 16.7 Å². The Labute approximate surface area is 139 Å². The third-order valence-electron chi connectivity index (χ3n) is 3.17. The number of benzene rings is 2. The standard InChI is InChI=1S/C16H10ClNO4S/c1-21-16(19)10-4-2-3-9(7-10)14(23-20)15-18-12-6-5-11(17)8-13(12)22-15/h2-8H,1H3. The van der Waals surface area contributed by atoms with Crippen molar-refractivity contribution in [2.75, 3.05) is 7.11 Å². The van der Waals surface area contributed by atoms with Crippen LogP contribution in [-0.2, 0) is 16.0 Å². The van der Waals surface area contributed by atoms with Crippen molar-refractivity contribution < 1.29 is 18.2 Å². The van der Waals surface area contributed by atoms with Gasteiger partial charge < -0.3 is 9.15 Å². The van der Waals surface area contributed by atoms with Crippen LogP contribution in [-0.4, -0.2) is 27.1 Å². The maximum atomic E-state index is 11.6. The number of oxazole rings is 1. The summed E-state index contributed by atoms with van der Waals surface area (Å²) < 4.78 is 21.9. The van der Waals surface area contributed by atoms with E-state index in [1.165, 1.54) is 7.11 Å². The lowest BCUT2D eigenvalue weighted by Crippen LogP contribution is -2.07. The summed E-state index contributed by atoms with van der Waals surface area (Å²) in [5.41, 5.74) is 1.96. The summed E-state index contributed by atoms with van der Waals surface area (Å²) in [4.78, 5) is 16.2. The van der Waals surface area contributed by atoms with E-state index in [1.54, 1.807) is 42.5 Å².